The second-order valence-electron chi connectivity index (χ2n) is 10.2. The number of hydrogen-bond acceptors (Lipinski definition) is 4. The summed E-state index contributed by atoms with van der Waals surface area (Å²) < 4.78 is 0. The molecule has 4 aromatic rings. The second kappa shape index (κ2) is 10.3. The van der Waals surface area contributed by atoms with Gasteiger partial charge in [-0.1, -0.05) is 60.2 Å². The number of rotatable bonds is 4. The molecular formula is C33H27N3O4. The van der Waals surface area contributed by atoms with E-state index in [0.717, 1.165) is 16.7 Å². The number of fused-ring (bicyclic) bond motifs is 2. The Hall–Kier alpha value is -5.04. The van der Waals surface area contributed by atoms with Gasteiger partial charge in [-0.05, 0) is 60.5 Å². The van der Waals surface area contributed by atoms with Crippen molar-refractivity contribution in [3.8, 4) is 11.1 Å². The molecule has 2 aliphatic rings. The first kappa shape index (κ1) is 25.2. The summed E-state index contributed by atoms with van der Waals surface area (Å²) in [5.41, 5.74) is 5.39. The van der Waals surface area contributed by atoms with E-state index in [4.69, 9.17) is 0 Å². The van der Waals surface area contributed by atoms with E-state index in [2.05, 4.69) is 5.32 Å². The number of anilines is 2. The predicted molar refractivity (Wildman–Crippen MR) is 154 cm³/mol. The first-order chi connectivity index (χ1) is 19.4. The number of aryl methyl sites for hydroxylation is 1. The third-order valence-corrected chi connectivity index (χ3v) is 7.50. The van der Waals surface area contributed by atoms with Gasteiger partial charge in [-0.2, -0.15) is 0 Å². The van der Waals surface area contributed by atoms with Gasteiger partial charge in [-0.15, -0.1) is 0 Å². The van der Waals surface area contributed by atoms with E-state index in [0.29, 0.717) is 28.1 Å². The number of nitrogens with one attached hydrogen (secondary N) is 1. The number of benzene rings is 4. The molecule has 4 aromatic carbocycles. The largest absolute Gasteiger partial charge is 0.326 e. The molecule has 6 rings (SSSR count). The summed E-state index contributed by atoms with van der Waals surface area (Å²) >= 11 is 0. The van der Waals surface area contributed by atoms with E-state index >= 15 is 0 Å². The molecule has 0 radical (unpaired) electrons. The van der Waals surface area contributed by atoms with E-state index in [1.54, 1.807) is 64.4 Å². The van der Waals surface area contributed by atoms with Crippen LogP contribution in [-0.2, 0) is 4.79 Å². The van der Waals surface area contributed by atoms with E-state index in [1.807, 2.05) is 49.4 Å². The van der Waals surface area contributed by atoms with Crippen molar-refractivity contribution < 1.29 is 19.2 Å². The van der Waals surface area contributed by atoms with Crippen molar-refractivity contribution in [2.45, 2.75) is 19.4 Å². The maximum Gasteiger partial charge on any atom is 0.258 e. The van der Waals surface area contributed by atoms with Gasteiger partial charge in [0.1, 0.15) is 0 Å². The summed E-state index contributed by atoms with van der Waals surface area (Å²) in [6.07, 6.45) is 0.235. The molecule has 1 N–H and O–H groups in total. The van der Waals surface area contributed by atoms with Gasteiger partial charge in [0.25, 0.3) is 17.7 Å². The van der Waals surface area contributed by atoms with Crippen molar-refractivity contribution in [1.82, 2.24) is 4.90 Å². The SMILES string of the molecule is Cc1ccc(-c2ccccc2C(=O)Nc2ccc(C(=O)N3C[C@@H]4CC(=O)CN4C(=O)c4ccccc43)cc2)cc1. The van der Waals surface area contributed by atoms with Crippen molar-refractivity contribution in [2.75, 3.05) is 23.3 Å². The normalized spacial score (nSPS) is 16.3. The van der Waals surface area contributed by atoms with Crippen molar-refractivity contribution in [3.05, 3.63) is 119 Å². The van der Waals surface area contributed by atoms with Crippen LogP contribution < -0.4 is 10.2 Å². The Kier molecular flexibility index (Phi) is 6.48. The summed E-state index contributed by atoms with van der Waals surface area (Å²) in [4.78, 5) is 55.4. The molecule has 1 saturated heterocycles. The number of nitrogens with zero attached hydrogens (tertiary/aromatic N) is 2. The molecule has 2 aliphatic heterocycles. The summed E-state index contributed by atoms with van der Waals surface area (Å²) in [7, 11) is 0. The van der Waals surface area contributed by atoms with Crippen LogP contribution in [0.3, 0.4) is 0 Å². The van der Waals surface area contributed by atoms with E-state index < -0.39 is 0 Å². The fraction of sp³-hybridized carbons (Fsp3) is 0.152. The Balaban J connectivity index is 1.23. The molecule has 0 unspecified atom stereocenters. The Morgan fingerprint density at radius 1 is 0.800 bits per heavy atom. The third-order valence-electron chi connectivity index (χ3n) is 7.50. The smallest absolute Gasteiger partial charge is 0.258 e. The zero-order valence-corrected chi connectivity index (χ0v) is 22.0. The Bertz CT molecular complexity index is 1640. The molecule has 0 spiro atoms. The minimum absolute atomic E-state index is 0.00539. The van der Waals surface area contributed by atoms with Gasteiger partial charge in [-0.25, -0.2) is 0 Å². The van der Waals surface area contributed by atoms with Crippen LogP contribution in [0.25, 0.3) is 11.1 Å². The standard InChI is InChI=1S/C33H27N3O4/c1-21-10-12-22(13-11-21)27-6-2-3-7-28(27)31(38)34-24-16-14-23(15-17-24)32(39)36-19-25-18-26(37)20-35(25)33(40)29-8-4-5-9-30(29)36/h2-17,25H,18-20H2,1H3,(H,34,38)/t25-/m0/s1. The molecule has 7 nitrogen and oxygen atoms in total. The topological polar surface area (TPSA) is 86.8 Å². The maximum atomic E-state index is 13.7. The van der Waals surface area contributed by atoms with Gasteiger partial charge < -0.3 is 15.1 Å². The van der Waals surface area contributed by atoms with Gasteiger partial charge in [0.05, 0.1) is 23.8 Å². The Morgan fingerprint density at radius 2 is 1.48 bits per heavy atom. The molecule has 40 heavy (non-hydrogen) atoms. The number of amides is 3. The van der Waals surface area contributed by atoms with Crippen molar-refractivity contribution in [3.63, 3.8) is 0 Å². The maximum absolute atomic E-state index is 13.7. The number of carbonyl (C=O) groups excluding carboxylic acids is 4. The molecule has 7 heteroatoms. The monoisotopic (exact) mass is 529 g/mol. The number of carbonyl (C=O) groups is 4. The first-order valence-corrected chi connectivity index (χ1v) is 13.2. The van der Waals surface area contributed by atoms with Crippen LogP contribution in [0, 0.1) is 6.92 Å². The van der Waals surface area contributed by atoms with Gasteiger partial charge in [0.2, 0.25) is 0 Å². The Labute approximate surface area is 232 Å². The minimum Gasteiger partial charge on any atom is -0.326 e. The fourth-order valence-electron chi connectivity index (χ4n) is 5.42. The lowest BCUT2D eigenvalue weighted by atomic mass is 9.98. The molecule has 2 heterocycles. The lowest BCUT2D eigenvalue weighted by Crippen LogP contribution is -2.42. The molecule has 0 saturated carbocycles. The minimum atomic E-state index is -0.358. The summed E-state index contributed by atoms with van der Waals surface area (Å²) in [5, 5.41) is 2.94. The highest BCUT2D eigenvalue weighted by atomic mass is 16.2. The molecule has 198 valence electrons. The molecular weight excluding hydrogens is 502 g/mol. The van der Waals surface area contributed by atoms with Crippen LogP contribution in [0.4, 0.5) is 11.4 Å². The number of Topliss-reactive ketones (excluding diaryl/α,β-unsaturated/α-hetero) is 1. The summed E-state index contributed by atoms with van der Waals surface area (Å²) in [5.74, 6) is -0.759. The second-order valence-corrected chi connectivity index (χ2v) is 10.2. The van der Waals surface area contributed by atoms with Gasteiger partial charge in [0, 0.05) is 29.8 Å². The molecule has 1 atom stereocenters. The van der Waals surface area contributed by atoms with Gasteiger partial charge in [-0.3, -0.25) is 19.2 Å². The highest BCUT2D eigenvalue weighted by Gasteiger charge is 2.41. The van der Waals surface area contributed by atoms with E-state index in [9.17, 15) is 19.2 Å². The van der Waals surface area contributed by atoms with E-state index in [-0.39, 0.29) is 49.1 Å². The Morgan fingerprint density at radius 3 is 2.23 bits per heavy atom. The van der Waals surface area contributed by atoms with Crippen LogP contribution in [0.1, 0.15) is 43.1 Å². The number of hydrogen-bond donors (Lipinski definition) is 1. The molecule has 3 amide bonds. The zero-order valence-electron chi connectivity index (χ0n) is 22.0. The van der Waals surface area contributed by atoms with Gasteiger partial charge in [0.15, 0.2) is 5.78 Å². The highest BCUT2D eigenvalue weighted by molar-refractivity contribution is 6.13. The van der Waals surface area contributed by atoms with Crippen molar-refractivity contribution >= 4 is 34.9 Å². The zero-order chi connectivity index (χ0) is 27.8. The van der Waals surface area contributed by atoms with Crippen LogP contribution in [0.5, 0.6) is 0 Å². The van der Waals surface area contributed by atoms with Crippen molar-refractivity contribution in [1.29, 1.82) is 0 Å². The predicted octanol–water partition coefficient (Wildman–Crippen LogP) is 5.36. The average Bonchev–Trinajstić information content (AvgIpc) is 3.31. The molecule has 0 aliphatic carbocycles. The van der Waals surface area contributed by atoms with E-state index in [1.165, 1.54) is 0 Å². The van der Waals surface area contributed by atoms with Crippen LogP contribution >= 0.6 is 0 Å². The van der Waals surface area contributed by atoms with Crippen LogP contribution in [0.15, 0.2) is 97.1 Å². The quantitative estimate of drug-likeness (QED) is 0.386. The van der Waals surface area contributed by atoms with Crippen LogP contribution in [0.2, 0.25) is 0 Å². The number of para-hydroxylation sites is 1. The van der Waals surface area contributed by atoms with Gasteiger partial charge >= 0.3 is 0 Å². The fourth-order valence-corrected chi connectivity index (χ4v) is 5.42. The third kappa shape index (κ3) is 4.66. The first-order valence-electron chi connectivity index (χ1n) is 13.2. The van der Waals surface area contributed by atoms with Crippen molar-refractivity contribution in [2.24, 2.45) is 0 Å². The lowest BCUT2D eigenvalue weighted by Gasteiger charge is -2.26. The molecule has 0 aromatic heterocycles. The average molecular weight is 530 g/mol. The van der Waals surface area contributed by atoms with Crippen LogP contribution in [-0.4, -0.2) is 47.5 Å². The lowest BCUT2D eigenvalue weighted by molar-refractivity contribution is -0.116. The molecule has 0 bridgehead atoms. The summed E-state index contributed by atoms with van der Waals surface area (Å²) in [6, 6.07) is 28.8. The summed E-state index contributed by atoms with van der Waals surface area (Å²) in [6.45, 7) is 2.33. The number of ketones is 1. The molecule has 1 fully saturated rings. The highest BCUT2D eigenvalue weighted by Crippen LogP contribution is 2.32.